The van der Waals surface area contributed by atoms with E-state index < -0.39 is 0 Å². The molecule has 3 atom stereocenters. The van der Waals surface area contributed by atoms with Gasteiger partial charge in [0.2, 0.25) is 0 Å². The second kappa shape index (κ2) is 7.42. The summed E-state index contributed by atoms with van der Waals surface area (Å²) in [5, 5.41) is 10.5. The molecule has 0 aromatic heterocycles. The van der Waals surface area contributed by atoms with Crippen molar-refractivity contribution in [2.24, 2.45) is 11.8 Å². The van der Waals surface area contributed by atoms with Gasteiger partial charge in [-0.2, -0.15) is 0 Å². The molecule has 0 aliphatic carbocycles. The lowest BCUT2D eigenvalue weighted by atomic mass is 9.94. The van der Waals surface area contributed by atoms with Gasteiger partial charge < -0.3 is 5.11 Å². The number of piperidine rings is 1. The smallest absolute Gasteiger partial charge is 0.0917 e. The Kier molecular flexibility index (Phi) is 5.83. The lowest BCUT2D eigenvalue weighted by Crippen LogP contribution is -2.43. The zero-order valence-corrected chi connectivity index (χ0v) is 14.0. The average molecular weight is 289 g/mol. The first-order valence-corrected chi connectivity index (χ1v) is 8.46. The molecule has 3 unspecified atom stereocenters. The number of nitrogens with zero attached hydrogens (tertiary/aromatic N) is 1. The van der Waals surface area contributed by atoms with E-state index in [1.54, 1.807) is 0 Å². The molecule has 1 saturated heterocycles. The number of benzene rings is 1. The molecule has 2 heteroatoms. The minimum absolute atomic E-state index is 0.370. The van der Waals surface area contributed by atoms with Crippen molar-refractivity contribution in [2.45, 2.75) is 59.1 Å². The van der Waals surface area contributed by atoms with Crippen molar-refractivity contribution >= 4 is 0 Å². The molecule has 1 aliphatic rings. The summed E-state index contributed by atoms with van der Waals surface area (Å²) in [5.41, 5.74) is 2.41. The number of aliphatic hydroxyl groups is 1. The van der Waals surface area contributed by atoms with Gasteiger partial charge in [0.15, 0.2) is 0 Å². The van der Waals surface area contributed by atoms with Gasteiger partial charge in [-0.15, -0.1) is 0 Å². The SMILES string of the molecule is CC(C)Cc1ccc(C(O)CN2CC(C)CCC2C)cc1. The van der Waals surface area contributed by atoms with Crippen LogP contribution < -0.4 is 0 Å². The molecule has 0 spiro atoms. The van der Waals surface area contributed by atoms with Gasteiger partial charge >= 0.3 is 0 Å². The highest BCUT2D eigenvalue weighted by molar-refractivity contribution is 5.24. The molecule has 1 heterocycles. The van der Waals surface area contributed by atoms with Crippen molar-refractivity contribution < 1.29 is 5.11 Å². The summed E-state index contributed by atoms with van der Waals surface area (Å²) in [6.07, 6.45) is 3.31. The van der Waals surface area contributed by atoms with Crippen LogP contribution in [0.4, 0.5) is 0 Å². The van der Waals surface area contributed by atoms with Crippen LogP contribution in [0.25, 0.3) is 0 Å². The maximum Gasteiger partial charge on any atom is 0.0917 e. The first-order chi connectivity index (χ1) is 9.95. The fourth-order valence-electron chi connectivity index (χ4n) is 3.31. The second-order valence-corrected chi connectivity index (χ2v) is 7.34. The highest BCUT2D eigenvalue weighted by atomic mass is 16.3. The monoisotopic (exact) mass is 289 g/mol. The van der Waals surface area contributed by atoms with Gasteiger partial charge in [0, 0.05) is 19.1 Å². The molecule has 2 nitrogen and oxygen atoms in total. The number of β-amino-alcohol motifs (C(OH)–C–C–N with tert-alkyl or cyclic N) is 1. The Balaban J connectivity index is 1.94. The average Bonchev–Trinajstić information content (AvgIpc) is 2.43. The molecule has 0 saturated carbocycles. The largest absolute Gasteiger partial charge is 0.387 e. The van der Waals surface area contributed by atoms with Crippen molar-refractivity contribution in [3.63, 3.8) is 0 Å². The Morgan fingerprint density at radius 3 is 2.43 bits per heavy atom. The van der Waals surface area contributed by atoms with Gasteiger partial charge in [0.25, 0.3) is 0 Å². The summed E-state index contributed by atoms with van der Waals surface area (Å²) in [5.74, 6) is 1.43. The third-order valence-electron chi connectivity index (χ3n) is 4.66. The van der Waals surface area contributed by atoms with E-state index in [9.17, 15) is 5.11 Å². The van der Waals surface area contributed by atoms with Crippen LogP contribution in [0.15, 0.2) is 24.3 Å². The van der Waals surface area contributed by atoms with Crippen molar-refractivity contribution in [2.75, 3.05) is 13.1 Å². The summed E-state index contributed by atoms with van der Waals surface area (Å²) in [4.78, 5) is 2.45. The van der Waals surface area contributed by atoms with Crippen LogP contribution in [0.2, 0.25) is 0 Å². The molecule has 1 fully saturated rings. The zero-order chi connectivity index (χ0) is 15.4. The zero-order valence-electron chi connectivity index (χ0n) is 14.0. The Morgan fingerprint density at radius 1 is 1.14 bits per heavy atom. The topological polar surface area (TPSA) is 23.5 Å². The summed E-state index contributed by atoms with van der Waals surface area (Å²) >= 11 is 0. The Bertz CT molecular complexity index is 426. The number of likely N-dealkylation sites (tertiary alicyclic amines) is 1. The lowest BCUT2D eigenvalue weighted by molar-refractivity contribution is 0.0568. The first kappa shape index (κ1) is 16.5. The second-order valence-electron chi connectivity index (χ2n) is 7.34. The van der Waals surface area contributed by atoms with E-state index in [1.165, 1.54) is 18.4 Å². The lowest BCUT2D eigenvalue weighted by Gasteiger charge is -2.37. The Morgan fingerprint density at radius 2 is 1.81 bits per heavy atom. The van der Waals surface area contributed by atoms with Crippen LogP contribution in [0, 0.1) is 11.8 Å². The van der Waals surface area contributed by atoms with Crippen LogP contribution in [-0.4, -0.2) is 29.1 Å². The van der Waals surface area contributed by atoms with Gasteiger partial charge in [-0.3, -0.25) is 4.90 Å². The molecule has 1 aromatic carbocycles. The molecule has 118 valence electrons. The number of aliphatic hydroxyl groups excluding tert-OH is 1. The number of hydrogen-bond donors (Lipinski definition) is 1. The molecule has 0 radical (unpaired) electrons. The Labute approximate surface area is 130 Å². The molecular formula is C19H31NO. The van der Waals surface area contributed by atoms with Crippen LogP contribution in [0.1, 0.15) is 57.8 Å². The highest BCUT2D eigenvalue weighted by Crippen LogP contribution is 2.24. The van der Waals surface area contributed by atoms with Crippen LogP contribution in [0.3, 0.4) is 0 Å². The molecule has 0 amide bonds. The van der Waals surface area contributed by atoms with Gasteiger partial charge in [-0.05, 0) is 49.1 Å². The molecule has 21 heavy (non-hydrogen) atoms. The first-order valence-electron chi connectivity index (χ1n) is 8.46. The number of rotatable bonds is 5. The minimum Gasteiger partial charge on any atom is -0.387 e. The van der Waals surface area contributed by atoms with E-state index in [-0.39, 0.29) is 6.10 Å². The predicted molar refractivity (Wildman–Crippen MR) is 89.4 cm³/mol. The number of hydrogen-bond acceptors (Lipinski definition) is 2. The summed E-state index contributed by atoms with van der Waals surface area (Å²) < 4.78 is 0. The summed E-state index contributed by atoms with van der Waals surface area (Å²) in [7, 11) is 0. The van der Waals surface area contributed by atoms with E-state index in [0.717, 1.165) is 31.0 Å². The quantitative estimate of drug-likeness (QED) is 0.884. The Hall–Kier alpha value is -0.860. The third kappa shape index (κ3) is 4.82. The standard InChI is InChI=1S/C19H31NO/c1-14(2)11-17-7-9-18(10-8-17)19(21)13-20-12-15(3)5-6-16(20)4/h7-10,14-16,19,21H,5-6,11-13H2,1-4H3. The molecule has 2 rings (SSSR count). The molecule has 1 aliphatic heterocycles. The van der Waals surface area contributed by atoms with Gasteiger partial charge in [-0.1, -0.05) is 45.0 Å². The van der Waals surface area contributed by atoms with Crippen LogP contribution >= 0.6 is 0 Å². The van der Waals surface area contributed by atoms with Gasteiger partial charge in [0.05, 0.1) is 6.10 Å². The molecular weight excluding hydrogens is 258 g/mol. The van der Waals surface area contributed by atoms with E-state index >= 15 is 0 Å². The fraction of sp³-hybridized carbons (Fsp3) is 0.684. The van der Waals surface area contributed by atoms with Crippen molar-refractivity contribution in [1.29, 1.82) is 0 Å². The van der Waals surface area contributed by atoms with Crippen molar-refractivity contribution in [1.82, 2.24) is 4.90 Å². The predicted octanol–water partition coefficient (Wildman–Crippen LogP) is 4.04. The summed E-state index contributed by atoms with van der Waals surface area (Å²) in [6.45, 7) is 10.9. The fourth-order valence-corrected chi connectivity index (χ4v) is 3.31. The minimum atomic E-state index is -0.370. The van der Waals surface area contributed by atoms with Crippen molar-refractivity contribution in [3.05, 3.63) is 35.4 Å². The maximum atomic E-state index is 10.5. The highest BCUT2D eigenvalue weighted by Gasteiger charge is 2.24. The normalized spacial score (nSPS) is 25.2. The molecule has 1 N–H and O–H groups in total. The van der Waals surface area contributed by atoms with E-state index in [2.05, 4.69) is 56.9 Å². The summed E-state index contributed by atoms with van der Waals surface area (Å²) in [6, 6.07) is 9.12. The van der Waals surface area contributed by atoms with E-state index in [1.807, 2.05) is 0 Å². The van der Waals surface area contributed by atoms with E-state index in [4.69, 9.17) is 0 Å². The molecule has 0 bridgehead atoms. The van der Waals surface area contributed by atoms with E-state index in [0.29, 0.717) is 12.0 Å². The van der Waals surface area contributed by atoms with Gasteiger partial charge in [-0.25, -0.2) is 0 Å². The van der Waals surface area contributed by atoms with Crippen LogP contribution in [0.5, 0.6) is 0 Å². The van der Waals surface area contributed by atoms with Crippen molar-refractivity contribution in [3.8, 4) is 0 Å². The van der Waals surface area contributed by atoms with Crippen LogP contribution in [-0.2, 0) is 6.42 Å². The maximum absolute atomic E-state index is 10.5. The third-order valence-corrected chi connectivity index (χ3v) is 4.66. The molecule has 1 aromatic rings. The van der Waals surface area contributed by atoms with Gasteiger partial charge in [0.1, 0.15) is 0 Å².